The van der Waals surface area contributed by atoms with Crippen LogP contribution in [0.1, 0.15) is 25.0 Å². The molecule has 2 atom stereocenters. The van der Waals surface area contributed by atoms with Crippen LogP contribution in [0.15, 0.2) is 47.1 Å². The van der Waals surface area contributed by atoms with Gasteiger partial charge in [0.25, 0.3) is 0 Å². The Labute approximate surface area is 167 Å². The van der Waals surface area contributed by atoms with E-state index in [1.54, 1.807) is 6.26 Å². The molecule has 3 rings (SSSR count). The minimum atomic E-state index is -2.27. The van der Waals surface area contributed by atoms with Crippen LogP contribution < -0.4 is 4.74 Å². The normalized spacial score (nSPS) is 16.2. The standard InChI is InChI=1S/C16H19NO2.C4H6O6/c1-3-7-14(8-4-1)19-16-11-15(18-13-16)12-17-9-5-2-6-10-17;5-1(3(7)8)2(6)4(9)10/h1,3-4,7-8,11,13H,2,5-6,9-10,12H2;1-2,5-6H,(H,7,8)(H,9,10). The molecule has 158 valence electrons. The third-order valence-corrected chi connectivity index (χ3v) is 4.24. The maximum absolute atomic E-state index is 9.77. The van der Waals surface area contributed by atoms with Crippen molar-refractivity contribution in [3.05, 3.63) is 48.4 Å². The van der Waals surface area contributed by atoms with Gasteiger partial charge in [-0.2, -0.15) is 0 Å². The number of rotatable bonds is 7. The fourth-order valence-corrected chi connectivity index (χ4v) is 2.73. The number of aliphatic carboxylic acids is 2. The van der Waals surface area contributed by atoms with Gasteiger partial charge in [0.2, 0.25) is 0 Å². The van der Waals surface area contributed by atoms with E-state index in [4.69, 9.17) is 29.6 Å². The topological polar surface area (TPSA) is 141 Å². The number of carboxylic acid groups (broad SMARTS) is 2. The van der Waals surface area contributed by atoms with Crippen LogP contribution in [0, 0.1) is 0 Å². The Balaban J connectivity index is 0.000000257. The summed E-state index contributed by atoms with van der Waals surface area (Å²) in [4.78, 5) is 22.0. The molecule has 2 unspecified atom stereocenters. The molecule has 1 aliphatic heterocycles. The van der Waals surface area contributed by atoms with Crippen molar-refractivity contribution in [2.24, 2.45) is 0 Å². The van der Waals surface area contributed by atoms with E-state index in [0.29, 0.717) is 0 Å². The van der Waals surface area contributed by atoms with E-state index in [1.165, 1.54) is 32.4 Å². The van der Waals surface area contributed by atoms with Crippen LogP contribution >= 0.6 is 0 Å². The maximum Gasteiger partial charge on any atom is 0.335 e. The molecule has 1 aliphatic rings. The number of piperidine rings is 1. The van der Waals surface area contributed by atoms with Crippen molar-refractivity contribution in [1.29, 1.82) is 0 Å². The van der Waals surface area contributed by atoms with E-state index in [0.717, 1.165) is 23.8 Å². The third kappa shape index (κ3) is 7.57. The van der Waals surface area contributed by atoms with E-state index >= 15 is 0 Å². The molecule has 0 aliphatic carbocycles. The highest BCUT2D eigenvalue weighted by atomic mass is 16.5. The number of nitrogens with zero attached hydrogens (tertiary/aromatic N) is 1. The van der Waals surface area contributed by atoms with Crippen LogP contribution in [-0.4, -0.2) is 62.6 Å². The summed E-state index contributed by atoms with van der Waals surface area (Å²) in [5, 5.41) is 32.5. The molecular formula is C20H25NO8. The zero-order valence-electron chi connectivity index (χ0n) is 15.8. The lowest BCUT2D eigenvalue weighted by molar-refractivity contribution is -0.165. The van der Waals surface area contributed by atoms with Gasteiger partial charge in [-0.3, -0.25) is 4.90 Å². The molecule has 1 aromatic carbocycles. The average Bonchev–Trinajstić information content (AvgIpc) is 3.15. The van der Waals surface area contributed by atoms with Crippen LogP contribution in [0.25, 0.3) is 0 Å². The molecule has 1 aromatic heterocycles. The number of furan rings is 1. The predicted molar refractivity (Wildman–Crippen MR) is 102 cm³/mol. The fourth-order valence-electron chi connectivity index (χ4n) is 2.73. The molecular weight excluding hydrogens is 382 g/mol. The van der Waals surface area contributed by atoms with Gasteiger partial charge in [0.1, 0.15) is 17.8 Å². The highest BCUT2D eigenvalue weighted by Crippen LogP contribution is 2.24. The largest absolute Gasteiger partial charge is 0.479 e. The number of carbonyl (C=O) groups is 2. The summed E-state index contributed by atoms with van der Waals surface area (Å²) in [6, 6.07) is 11.8. The Bertz CT molecular complexity index is 752. The third-order valence-electron chi connectivity index (χ3n) is 4.24. The van der Waals surface area contributed by atoms with Gasteiger partial charge in [-0.15, -0.1) is 0 Å². The summed E-state index contributed by atoms with van der Waals surface area (Å²) in [5.74, 6) is -0.941. The predicted octanol–water partition coefficient (Wildman–Crippen LogP) is 1.94. The molecule has 4 N–H and O–H groups in total. The number of aliphatic hydroxyl groups excluding tert-OH is 2. The first-order valence-electron chi connectivity index (χ1n) is 9.21. The molecule has 1 fully saturated rings. The fraction of sp³-hybridized carbons (Fsp3) is 0.400. The molecule has 0 spiro atoms. The Morgan fingerprint density at radius 3 is 2.10 bits per heavy atom. The quantitative estimate of drug-likeness (QED) is 0.542. The van der Waals surface area contributed by atoms with Crippen molar-refractivity contribution >= 4 is 11.9 Å². The zero-order valence-corrected chi connectivity index (χ0v) is 15.8. The van der Waals surface area contributed by atoms with Gasteiger partial charge in [-0.25, -0.2) is 9.59 Å². The molecule has 9 nitrogen and oxygen atoms in total. The summed E-state index contributed by atoms with van der Waals surface area (Å²) < 4.78 is 11.3. The minimum Gasteiger partial charge on any atom is -0.479 e. The number of para-hydroxylation sites is 1. The van der Waals surface area contributed by atoms with Crippen LogP contribution in [0.5, 0.6) is 11.5 Å². The molecule has 29 heavy (non-hydrogen) atoms. The highest BCUT2D eigenvalue weighted by Gasteiger charge is 2.29. The Kier molecular flexibility index (Phi) is 8.66. The van der Waals surface area contributed by atoms with Gasteiger partial charge in [-0.05, 0) is 38.1 Å². The number of ether oxygens (including phenoxy) is 1. The highest BCUT2D eigenvalue weighted by molar-refractivity contribution is 5.83. The SMILES string of the molecule is O=C(O)C(O)C(O)C(=O)O.c1ccc(Oc2coc(CN3CCCCC3)c2)cc1. The van der Waals surface area contributed by atoms with Gasteiger partial charge in [0.05, 0.1) is 6.54 Å². The maximum atomic E-state index is 9.77. The van der Waals surface area contributed by atoms with Crippen LogP contribution in [0.3, 0.4) is 0 Å². The molecule has 0 radical (unpaired) electrons. The number of likely N-dealkylation sites (tertiary alicyclic amines) is 1. The van der Waals surface area contributed by atoms with E-state index in [9.17, 15) is 9.59 Å². The number of aliphatic hydroxyl groups is 2. The second-order valence-electron chi connectivity index (χ2n) is 6.57. The van der Waals surface area contributed by atoms with Crippen molar-refractivity contribution < 1.29 is 39.2 Å². The van der Waals surface area contributed by atoms with Crippen LogP contribution in [0.2, 0.25) is 0 Å². The van der Waals surface area contributed by atoms with E-state index in [1.807, 2.05) is 36.4 Å². The minimum absolute atomic E-state index is 0.776. The average molecular weight is 407 g/mol. The summed E-state index contributed by atoms with van der Waals surface area (Å²) in [6.07, 6.45) is 1.11. The first kappa shape index (κ1) is 22.4. The lowest BCUT2D eigenvalue weighted by Gasteiger charge is -2.25. The van der Waals surface area contributed by atoms with Gasteiger partial charge in [-0.1, -0.05) is 24.6 Å². The second kappa shape index (κ2) is 11.2. The first-order chi connectivity index (χ1) is 13.9. The smallest absolute Gasteiger partial charge is 0.335 e. The second-order valence-corrected chi connectivity index (χ2v) is 6.57. The Hall–Kier alpha value is -2.88. The number of benzene rings is 1. The van der Waals surface area contributed by atoms with Crippen molar-refractivity contribution in [2.75, 3.05) is 13.1 Å². The monoisotopic (exact) mass is 407 g/mol. The summed E-state index contributed by atoms with van der Waals surface area (Å²) >= 11 is 0. The van der Waals surface area contributed by atoms with E-state index in [2.05, 4.69) is 4.90 Å². The van der Waals surface area contributed by atoms with Gasteiger partial charge >= 0.3 is 11.9 Å². The molecule has 1 saturated heterocycles. The summed E-state index contributed by atoms with van der Waals surface area (Å²) in [6.45, 7) is 3.24. The molecule has 0 saturated carbocycles. The zero-order chi connectivity index (χ0) is 21.2. The van der Waals surface area contributed by atoms with Crippen molar-refractivity contribution in [3.8, 4) is 11.5 Å². The first-order valence-corrected chi connectivity index (χ1v) is 9.21. The van der Waals surface area contributed by atoms with Crippen LogP contribution in [0.4, 0.5) is 0 Å². The summed E-state index contributed by atoms with van der Waals surface area (Å²) in [5.41, 5.74) is 0. The lowest BCUT2D eigenvalue weighted by Crippen LogP contribution is -2.39. The lowest BCUT2D eigenvalue weighted by atomic mass is 10.1. The molecule has 2 aromatic rings. The molecule has 0 amide bonds. The molecule has 2 heterocycles. The van der Waals surface area contributed by atoms with Crippen molar-refractivity contribution in [2.45, 2.75) is 38.0 Å². The van der Waals surface area contributed by atoms with Crippen LogP contribution in [-0.2, 0) is 16.1 Å². The number of hydrogen-bond acceptors (Lipinski definition) is 7. The Morgan fingerprint density at radius 1 is 0.966 bits per heavy atom. The molecule has 9 heteroatoms. The number of carboxylic acids is 2. The van der Waals surface area contributed by atoms with E-state index < -0.39 is 24.1 Å². The molecule has 0 bridgehead atoms. The van der Waals surface area contributed by atoms with E-state index in [-0.39, 0.29) is 0 Å². The van der Waals surface area contributed by atoms with Gasteiger partial charge < -0.3 is 29.6 Å². The summed E-state index contributed by atoms with van der Waals surface area (Å²) in [7, 11) is 0. The van der Waals surface area contributed by atoms with Gasteiger partial charge in [0, 0.05) is 6.07 Å². The van der Waals surface area contributed by atoms with Crippen molar-refractivity contribution in [1.82, 2.24) is 4.90 Å². The van der Waals surface area contributed by atoms with Crippen molar-refractivity contribution in [3.63, 3.8) is 0 Å². The van der Waals surface area contributed by atoms with Gasteiger partial charge in [0.15, 0.2) is 18.0 Å². The Morgan fingerprint density at radius 2 is 1.55 bits per heavy atom. The number of hydrogen-bond donors (Lipinski definition) is 4.